The first-order valence-electron chi connectivity index (χ1n) is 6.43. The minimum absolute atomic E-state index is 0.263. The summed E-state index contributed by atoms with van der Waals surface area (Å²) in [4.78, 5) is 4.46. The average Bonchev–Trinajstić information content (AvgIpc) is 3.04. The van der Waals surface area contributed by atoms with Gasteiger partial charge in [0.25, 0.3) is 0 Å². The van der Waals surface area contributed by atoms with Gasteiger partial charge in [-0.25, -0.2) is 4.98 Å². The Bertz CT molecular complexity index is 792. The van der Waals surface area contributed by atoms with Crippen LogP contribution in [0, 0.1) is 13.8 Å². The summed E-state index contributed by atoms with van der Waals surface area (Å²) in [5.74, 6) is 0.989. The van der Waals surface area contributed by atoms with Crippen molar-refractivity contribution in [1.29, 1.82) is 0 Å². The fraction of sp³-hybridized carbons (Fsp3) is 0.200. The molecule has 5 nitrogen and oxygen atoms in total. The quantitative estimate of drug-likeness (QED) is 0.799. The summed E-state index contributed by atoms with van der Waals surface area (Å²) in [5, 5.41) is 6.98. The minimum atomic E-state index is 0.263. The summed E-state index contributed by atoms with van der Waals surface area (Å²) in [6.07, 6.45) is 0. The fourth-order valence-electron chi connectivity index (χ4n) is 2.23. The normalized spacial score (nSPS) is 10.8. The van der Waals surface area contributed by atoms with Gasteiger partial charge in [0.05, 0.1) is 17.7 Å². The largest absolute Gasteiger partial charge is 0.496 e. The number of nitrogens with two attached hydrogens (primary N) is 1. The van der Waals surface area contributed by atoms with Gasteiger partial charge in [0.2, 0.25) is 5.88 Å². The molecule has 0 unspecified atom stereocenters. The van der Waals surface area contributed by atoms with Gasteiger partial charge in [-0.1, -0.05) is 16.8 Å². The van der Waals surface area contributed by atoms with E-state index in [4.69, 9.17) is 15.0 Å². The molecule has 108 valence electrons. The molecule has 3 aromatic rings. The Labute approximate surface area is 126 Å². The topological polar surface area (TPSA) is 74.2 Å². The van der Waals surface area contributed by atoms with Gasteiger partial charge >= 0.3 is 0 Å². The third-order valence-electron chi connectivity index (χ3n) is 3.20. The van der Waals surface area contributed by atoms with E-state index in [2.05, 4.69) is 10.1 Å². The predicted molar refractivity (Wildman–Crippen MR) is 83.5 cm³/mol. The molecule has 0 fully saturated rings. The van der Waals surface area contributed by atoms with Crippen molar-refractivity contribution in [3.8, 4) is 28.3 Å². The third kappa shape index (κ3) is 2.38. The minimum Gasteiger partial charge on any atom is -0.496 e. The van der Waals surface area contributed by atoms with Crippen molar-refractivity contribution in [3.05, 3.63) is 34.2 Å². The Hall–Kier alpha value is -2.34. The standard InChI is InChI=1S/C15H15N3O2S/c1-8-4-5-12(19-3)10(6-8)13-14(18-20-15(13)16)11-7-21-9(2)17-11/h4-7H,16H2,1-3H3. The van der Waals surface area contributed by atoms with E-state index >= 15 is 0 Å². The molecule has 2 heterocycles. The van der Waals surface area contributed by atoms with E-state index in [9.17, 15) is 0 Å². The summed E-state index contributed by atoms with van der Waals surface area (Å²) in [6.45, 7) is 3.96. The maximum absolute atomic E-state index is 5.98. The number of hydrogen-bond acceptors (Lipinski definition) is 6. The molecule has 1 aromatic carbocycles. The van der Waals surface area contributed by atoms with Gasteiger partial charge in [0.15, 0.2) is 0 Å². The number of benzene rings is 1. The lowest BCUT2D eigenvalue weighted by Gasteiger charge is -2.09. The van der Waals surface area contributed by atoms with Crippen LogP contribution < -0.4 is 10.5 Å². The number of hydrogen-bond donors (Lipinski definition) is 1. The first-order valence-corrected chi connectivity index (χ1v) is 7.30. The van der Waals surface area contributed by atoms with Gasteiger partial charge in [-0.15, -0.1) is 11.3 Å². The van der Waals surface area contributed by atoms with E-state index in [1.165, 1.54) is 0 Å². The summed E-state index contributed by atoms with van der Waals surface area (Å²) >= 11 is 1.56. The van der Waals surface area contributed by atoms with Crippen LogP contribution in [0.3, 0.4) is 0 Å². The van der Waals surface area contributed by atoms with E-state index in [0.717, 1.165) is 33.1 Å². The molecular formula is C15H15N3O2S. The zero-order chi connectivity index (χ0) is 15.0. The van der Waals surface area contributed by atoms with Crippen LogP contribution in [0.25, 0.3) is 22.5 Å². The highest BCUT2D eigenvalue weighted by Gasteiger charge is 2.22. The van der Waals surface area contributed by atoms with Crippen molar-refractivity contribution in [1.82, 2.24) is 10.1 Å². The van der Waals surface area contributed by atoms with Crippen molar-refractivity contribution in [3.63, 3.8) is 0 Å². The molecule has 0 saturated carbocycles. The van der Waals surface area contributed by atoms with Crippen molar-refractivity contribution >= 4 is 17.2 Å². The predicted octanol–water partition coefficient (Wildman–Crippen LogP) is 3.67. The van der Waals surface area contributed by atoms with Gasteiger partial charge in [-0.3, -0.25) is 0 Å². The second kappa shape index (κ2) is 5.21. The molecule has 6 heteroatoms. The van der Waals surface area contributed by atoms with Crippen molar-refractivity contribution in [2.75, 3.05) is 12.8 Å². The SMILES string of the molecule is COc1ccc(C)cc1-c1c(-c2csc(C)n2)noc1N. The second-order valence-corrected chi connectivity index (χ2v) is 5.79. The first-order chi connectivity index (χ1) is 10.1. The maximum Gasteiger partial charge on any atom is 0.230 e. The van der Waals surface area contributed by atoms with E-state index in [1.54, 1.807) is 18.4 Å². The molecule has 2 N–H and O–H groups in total. The van der Waals surface area contributed by atoms with Gasteiger partial charge in [0, 0.05) is 10.9 Å². The smallest absolute Gasteiger partial charge is 0.230 e. The molecule has 0 spiro atoms. The molecule has 2 aromatic heterocycles. The fourth-order valence-corrected chi connectivity index (χ4v) is 2.82. The third-order valence-corrected chi connectivity index (χ3v) is 3.98. The highest BCUT2D eigenvalue weighted by molar-refractivity contribution is 7.09. The van der Waals surface area contributed by atoms with Crippen LogP contribution in [0.2, 0.25) is 0 Å². The van der Waals surface area contributed by atoms with E-state index in [-0.39, 0.29) is 5.88 Å². The zero-order valence-electron chi connectivity index (χ0n) is 12.0. The molecule has 0 aliphatic heterocycles. The lowest BCUT2D eigenvalue weighted by atomic mass is 10.0. The summed E-state index contributed by atoms with van der Waals surface area (Å²) in [5.41, 5.74) is 10.1. The molecule has 0 amide bonds. The van der Waals surface area contributed by atoms with Crippen LogP contribution in [0.4, 0.5) is 5.88 Å². The Morgan fingerprint density at radius 2 is 2.10 bits per heavy atom. The van der Waals surface area contributed by atoms with Crippen LogP contribution in [-0.4, -0.2) is 17.3 Å². The van der Waals surface area contributed by atoms with Crippen molar-refractivity contribution < 1.29 is 9.26 Å². The highest BCUT2D eigenvalue weighted by atomic mass is 32.1. The molecule has 0 aliphatic rings. The molecular weight excluding hydrogens is 286 g/mol. The van der Waals surface area contributed by atoms with Crippen molar-refractivity contribution in [2.24, 2.45) is 0 Å². The number of nitrogen functional groups attached to an aromatic ring is 1. The van der Waals surface area contributed by atoms with Crippen LogP contribution in [0.5, 0.6) is 5.75 Å². The van der Waals surface area contributed by atoms with Crippen LogP contribution in [0.15, 0.2) is 28.1 Å². The maximum atomic E-state index is 5.98. The van der Waals surface area contributed by atoms with E-state index < -0.39 is 0 Å². The lowest BCUT2D eigenvalue weighted by molar-refractivity contribution is 0.416. The number of rotatable bonds is 3. The Morgan fingerprint density at radius 1 is 1.29 bits per heavy atom. The Kier molecular flexibility index (Phi) is 3.39. The number of thiazole rings is 1. The van der Waals surface area contributed by atoms with Crippen LogP contribution in [0.1, 0.15) is 10.6 Å². The number of ether oxygens (including phenoxy) is 1. The number of aromatic nitrogens is 2. The monoisotopic (exact) mass is 301 g/mol. The van der Waals surface area contributed by atoms with E-state index in [0.29, 0.717) is 5.69 Å². The molecule has 0 aliphatic carbocycles. The van der Waals surface area contributed by atoms with Crippen LogP contribution >= 0.6 is 11.3 Å². The van der Waals surface area contributed by atoms with Crippen LogP contribution in [-0.2, 0) is 0 Å². The summed E-state index contributed by atoms with van der Waals surface area (Å²) < 4.78 is 10.6. The Morgan fingerprint density at radius 3 is 2.76 bits per heavy atom. The summed E-state index contributed by atoms with van der Waals surface area (Å²) in [6, 6.07) is 5.90. The Balaban J connectivity index is 2.24. The molecule has 3 rings (SSSR count). The molecule has 0 saturated heterocycles. The number of anilines is 1. The van der Waals surface area contributed by atoms with Gasteiger partial charge in [-0.05, 0) is 26.0 Å². The molecule has 0 radical (unpaired) electrons. The van der Waals surface area contributed by atoms with Gasteiger partial charge in [-0.2, -0.15) is 0 Å². The second-order valence-electron chi connectivity index (χ2n) is 4.73. The lowest BCUT2D eigenvalue weighted by Crippen LogP contribution is -1.93. The zero-order valence-corrected chi connectivity index (χ0v) is 12.8. The molecule has 0 atom stereocenters. The average molecular weight is 301 g/mol. The first kappa shape index (κ1) is 13.6. The summed E-state index contributed by atoms with van der Waals surface area (Å²) in [7, 11) is 1.63. The number of nitrogens with zero attached hydrogens (tertiary/aromatic N) is 2. The number of aryl methyl sites for hydroxylation is 2. The highest BCUT2D eigenvalue weighted by Crippen LogP contribution is 2.41. The molecule has 21 heavy (non-hydrogen) atoms. The number of methoxy groups -OCH3 is 1. The van der Waals surface area contributed by atoms with Gasteiger partial charge in [0.1, 0.15) is 17.1 Å². The van der Waals surface area contributed by atoms with Crippen molar-refractivity contribution in [2.45, 2.75) is 13.8 Å². The molecule has 0 bridgehead atoms. The van der Waals surface area contributed by atoms with Gasteiger partial charge < -0.3 is 15.0 Å². The van der Waals surface area contributed by atoms with E-state index in [1.807, 2.05) is 37.4 Å².